The number of benzene rings is 3. The molecule has 3 aromatic carbocycles. The third kappa shape index (κ3) is 6.32. The van der Waals surface area contributed by atoms with Gasteiger partial charge in [0.05, 0.1) is 6.33 Å². The largest absolute Gasteiger partial charge is 0.385 e. The van der Waals surface area contributed by atoms with E-state index in [0.29, 0.717) is 25.6 Å². The van der Waals surface area contributed by atoms with Gasteiger partial charge in [0.25, 0.3) is 0 Å². The Kier molecular flexibility index (Phi) is 8.78. The van der Waals surface area contributed by atoms with Gasteiger partial charge in [-0.05, 0) is 47.2 Å². The van der Waals surface area contributed by atoms with Crippen LogP contribution in [0.15, 0.2) is 97.6 Å². The number of amides is 1. The molecular weight excluding hydrogens is 522 g/mol. The summed E-state index contributed by atoms with van der Waals surface area (Å²) in [5, 5.41) is 5.44. The molecule has 216 valence electrons. The van der Waals surface area contributed by atoms with Crippen molar-refractivity contribution in [3.05, 3.63) is 115 Å². The lowest BCUT2D eigenvalue weighted by Crippen LogP contribution is -2.34. The zero-order valence-corrected chi connectivity index (χ0v) is 24.3. The van der Waals surface area contributed by atoms with Crippen LogP contribution in [-0.2, 0) is 17.7 Å². The van der Waals surface area contributed by atoms with Crippen LogP contribution in [0.5, 0.6) is 0 Å². The van der Waals surface area contributed by atoms with Crippen molar-refractivity contribution in [1.29, 1.82) is 0 Å². The van der Waals surface area contributed by atoms with E-state index >= 15 is 0 Å². The van der Waals surface area contributed by atoms with Gasteiger partial charge in [-0.15, -0.1) is 0 Å². The fourth-order valence-electron chi connectivity index (χ4n) is 6.14. The number of imidazole rings is 1. The topological polar surface area (TPSA) is 64.3 Å². The zero-order valence-electron chi connectivity index (χ0n) is 24.3. The van der Waals surface area contributed by atoms with Crippen LogP contribution in [-0.4, -0.2) is 58.4 Å². The molecule has 0 aliphatic carbocycles. The molecule has 0 spiro atoms. The molecule has 3 heterocycles. The average molecular weight is 562 g/mol. The van der Waals surface area contributed by atoms with E-state index in [1.807, 2.05) is 18.7 Å². The number of piperidine rings is 1. The van der Waals surface area contributed by atoms with Crippen LogP contribution in [0.1, 0.15) is 42.3 Å². The molecule has 1 saturated heterocycles. The summed E-state index contributed by atoms with van der Waals surface area (Å²) in [6.45, 7) is 4.29. The van der Waals surface area contributed by atoms with Crippen molar-refractivity contribution < 1.29 is 9.53 Å². The van der Waals surface area contributed by atoms with Crippen LogP contribution >= 0.6 is 0 Å². The van der Waals surface area contributed by atoms with E-state index in [2.05, 4.69) is 98.6 Å². The SMILES string of the molecule is COCCCNC(=O)n1cc(-c2cccc3ccccc23)cc1Cc1cncn1C1CCN(Cc2ccccc2)CC1. The van der Waals surface area contributed by atoms with Crippen molar-refractivity contribution in [2.45, 2.75) is 38.3 Å². The van der Waals surface area contributed by atoms with E-state index in [4.69, 9.17) is 4.74 Å². The molecule has 1 N–H and O–H groups in total. The molecule has 0 atom stereocenters. The molecule has 1 amide bonds. The Morgan fingerprint density at radius 3 is 2.60 bits per heavy atom. The fourth-order valence-corrected chi connectivity index (χ4v) is 6.14. The Balaban J connectivity index is 1.23. The summed E-state index contributed by atoms with van der Waals surface area (Å²) in [6.07, 6.45) is 9.46. The summed E-state index contributed by atoms with van der Waals surface area (Å²) in [5.41, 5.74) is 5.61. The number of methoxy groups -OCH3 is 1. The van der Waals surface area contributed by atoms with E-state index in [9.17, 15) is 4.79 Å². The monoisotopic (exact) mass is 561 g/mol. The summed E-state index contributed by atoms with van der Waals surface area (Å²) in [7, 11) is 1.68. The smallest absolute Gasteiger partial charge is 0.325 e. The maximum Gasteiger partial charge on any atom is 0.325 e. The Bertz CT molecular complexity index is 1610. The molecule has 1 aliphatic rings. The molecule has 0 bridgehead atoms. The van der Waals surface area contributed by atoms with E-state index in [1.165, 1.54) is 16.3 Å². The second-order valence-electron chi connectivity index (χ2n) is 11.2. The number of carbonyl (C=O) groups is 1. The first kappa shape index (κ1) is 27.9. The lowest BCUT2D eigenvalue weighted by Gasteiger charge is -2.33. The highest BCUT2D eigenvalue weighted by molar-refractivity contribution is 5.97. The third-order valence-electron chi connectivity index (χ3n) is 8.33. The molecule has 2 aromatic heterocycles. The van der Waals surface area contributed by atoms with Gasteiger partial charge in [-0.2, -0.15) is 0 Å². The van der Waals surface area contributed by atoms with Gasteiger partial charge in [0.2, 0.25) is 0 Å². The third-order valence-corrected chi connectivity index (χ3v) is 8.33. The summed E-state index contributed by atoms with van der Waals surface area (Å²) >= 11 is 0. The number of carbonyl (C=O) groups excluding carboxylic acids is 1. The number of nitrogens with zero attached hydrogens (tertiary/aromatic N) is 4. The molecule has 0 radical (unpaired) electrons. The second kappa shape index (κ2) is 13.2. The van der Waals surface area contributed by atoms with E-state index in [-0.39, 0.29) is 6.03 Å². The van der Waals surface area contributed by atoms with Gasteiger partial charge in [-0.3, -0.25) is 9.47 Å². The Morgan fingerprint density at radius 1 is 0.976 bits per heavy atom. The molecule has 1 fully saturated rings. The molecule has 5 aromatic rings. The number of hydrogen-bond acceptors (Lipinski definition) is 4. The molecule has 1 aliphatic heterocycles. The van der Waals surface area contributed by atoms with Gasteiger partial charge in [0.1, 0.15) is 0 Å². The van der Waals surface area contributed by atoms with Crippen molar-refractivity contribution in [1.82, 2.24) is 24.3 Å². The van der Waals surface area contributed by atoms with Crippen LogP contribution < -0.4 is 5.32 Å². The van der Waals surface area contributed by atoms with Gasteiger partial charge >= 0.3 is 6.03 Å². The fraction of sp³-hybridized carbons (Fsp3) is 0.314. The first-order chi connectivity index (χ1) is 20.7. The number of rotatable bonds is 10. The van der Waals surface area contributed by atoms with Crippen LogP contribution in [0, 0.1) is 0 Å². The van der Waals surface area contributed by atoms with Gasteiger partial charge in [0, 0.05) is 81.7 Å². The minimum absolute atomic E-state index is 0.118. The Labute approximate surface area is 247 Å². The maximum atomic E-state index is 13.4. The predicted octanol–water partition coefficient (Wildman–Crippen LogP) is 6.53. The summed E-state index contributed by atoms with van der Waals surface area (Å²) in [4.78, 5) is 20.5. The second-order valence-corrected chi connectivity index (χ2v) is 11.2. The van der Waals surface area contributed by atoms with Crippen molar-refractivity contribution >= 4 is 16.8 Å². The highest BCUT2D eigenvalue weighted by Gasteiger charge is 2.23. The Hall–Kier alpha value is -4.20. The first-order valence-electron chi connectivity index (χ1n) is 14.9. The summed E-state index contributed by atoms with van der Waals surface area (Å²) in [5.74, 6) is 0. The van der Waals surface area contributed by atoms with Crippen molar-refractivity contribution in [3.63, 3.8) is 0 Å². The number of fused-ring (bicyclic) bond motifs is 1. The molecule has 0 unspecified atom stereocenters. The van der Waals surface area contributed by atoms with Crippen molar-refractivity contribution in [2.75, 3.05) is 33.4 Å². The number of likely N-dealkylation sites (tertiary alicyclic amines) is 1. The standard InChI is InChI=1S/C35H39N5O2/c1-42-20-8-17-37-35(41)39-25-29(34-14-7-12-28-11-5-6-13-33(28)34)21-31(39)22-32-23-36-26-40(32)30-15-18-38(19-16-30)24-27-9-3-2-4-10-27/h2-7,9-14,21,23,25-26,30H,8,15-20,22,24H2,1H3,(H,37,41). The highest BCUT2D eigenvalue weighted by atomic mass is 16.5. The van der Waals surface area contributed by atoms with Gasteiger partial charge < -0.3 is 14.6 Å². The van der Waals surface area contributed by atoms with Gasteiger partial charge in [-0.1, -0.05) is 72.8 Å². The maximum absolute atomic E-state index is 13.4. The molecule has 42 heavy (non-hydrogen) atoms. The summed E-state index contributed by atoms with van der Waals surface area (Å²) in [6, 6.07) is 27.9. The molecule has 7 heteroatoms. The minimum Gasteiger partial charge on any atom is -0.385 e. The van der Waals surface area contributed by atoms with Crippen LogP contribution in [0.25, 0.3) is 21.9 Å². The lowest BCUT2D eigenvalue weighted by atomic mass is 10.00. The van der Waals surface area contributed by atoms with Crippen molar-refractivity contribution in [2.24, 2.45) is 0 Å². The van der Waals surface area contributed by atoms with Crippen LogP contribution in [0.2, 0.25) is 0 Å². The molecule has 6 rings (SSSR count). The lowest BCUT2D eigenvalue weighted by molar-refractivity contribution is 0.178. The van der Waals surface area contributed by atoms with E-state index < -0.39 is 0 Å². The van der Waals surface area contributed by atoms with Crippen molar-refractivity contribution in [3.8, 4) is 11.1 Å². The zero-order chi connectivity index (χ0) is 28.7. The number of nitrogens with one attached hydrogen (secondary N) is 1. The molecule has 0 saturated carbocycles. The summed E-state index contributed by atoms with van der Waals surface area (Å²) < 4.78 is 9.28. The average Bonchev–Trinajstić information content (AvgIpc) is 3.67. The van der Waals surface area contributed by atoms with Gasteiger partial charge in [-0.25, -0.2) is 9.78 Å². The quantitative estimate of drug-likeness (QED) is 0.197. The highest BCUT2D eigenvalue weighted by Crippen LogP contribution is 2.32. The number of ether oxygens (including phenoxy) is 1. The first-order valence-corrected chi connectivity index (χ1v) is 14.9. The van der Waals surface area contributed by atoms with E-state index in [0.717, 1.165) is 61.4 Å². The van der Waals surface area contributed by atoms with Crippen LogP contribution in [0.3, 0.4) is 0 Å². The molecule has 7 nitrogen and oxygen atoms in total. The van der Waals surface area contributed by atoms with Gasteiger partial charge in [0.15, 0.2) is 0 Å². The van der Waals surface area contributed by atoms with Crippen LogP contribution in [0.4, 0.5) is 4.79 Å². The minimum atomic E-state index is -0.118. The Morgan fingerprint density at radius 2 is 1.76 bits per heavy atom. The number of hydrogen-bond donors (Lipinski definition) is 1. The normalized spacial score (nSPS) is 14.4. The molecular formula is C35H39N5O2. The van der Waals surface area contributed by atoms with E-state index in [1.54, 1.807) is 11.7 Å². The predicted molar refractivity (Wildman–Crippen MR) is 168 cm³/mol. The number of aromatic nitrogens is 3.